The first-order valence-electron chi connectivity index (χ1n) is 8.26. The minimum atomic E-state index is -0.449. The zero-order chi connectivity index (χ0) is 19.7. The van der Waals surface area contributed by atoms with Crippen molar-refractivity contribution < 1.29 is 13.9 Å². The SMILES string of the molecule is COc1ccc2oc(=O)c(-c3csc(Nc4cc(Cl)ccc4OC)n3)cc2c1. The van der Waals surface area contributed by atoms with Crippen molar-refractivity contribution in [1.29, 1.82) is 0 Å². The van der Waals surface area contributed by atoms with Crippen LogP contribution in [0, 0.1) is 0 Å². The number of anilines is 2. The third-order valence-electron chi connectivity index (χ3n) is 4.12. The number of methoxy groups -OCH3 is 2. The highest BCUT2D eigenvalue weighted by Gasteiger charge is 2.13. The topological polar surface area (TPSA) is 73.6 Å². The number of aromatic nitrogens is 1. The largest absolute Gasteiger partial charge is 0.497 e. The second-order valence-corrected chi connectivity index (χ2v) is 7.15. The van der Waals surface area contributed by atoms with E-state index in [1.54, 1.807) is 56.0 Å². The number of hydrogen-bond donors (Lipinski definition) is 1. The third kappa shape index (κ3) is 3.54. The standard InChI is InChI=1S/C20H15ClN2O4S/c1-25-13-4-6-17-11(7-13)8-14(19(24)27-17)16-10-28-20(23-16)22-15-9-12(21)3-5-18(15)26-2/h3-10H,1-2H3,(H,22,23). The molecule has 0 fully saturated rings. The van der Waals surface area contributed by atoms with Crippen LogP contribution in [-0.2, 0) is 0 Å². The number of ether oxygens (including phenoxy) is 2. The average molecular weight is 415 g/mol. The summed E-state index contributed by atoms with van der Waals surface area (Å²) in [5.74, 6) is 1.32. The van der Waals surface area contributed by atoms with Crippen LogP contribution in [0.15, 0.2) is 57.1 Å². The van der Waals surface area contributed by atoms with Gasteiger partial charge < -0.3 is 19.2 Å². The Bertz CT molecular complexity index is 1220. The minimum absolute atomic E-state index is 0.378. The molecular formula is C20H15ClN2O4S. The van der Waals surface area contributed by atoms with Crippen molar-refractivity contribution in [2.24, 2.45) is 0 Å². The summed E-state index contributed by atoms with van der Waals surface area (Å²) >= 11 is 7.43. The van der Waals surface area contributed by atoms with E-state index in [2.05, 4.69) is 10.3 Å². The Labute approximate surface area is 169 Å². The van der Waals surface area contributed by atoms with Crippen molar-refractivity contribution in [3.63, 3.8) is 0 Å². The second-order valence-electron chi connectivity index (χ2n) is 5.86. The molecule has 0 aliphatic rings. The van der Waals surface area contributed by atoms with E-state index in [9.17, 15) is 4.79 Å². The Kier molecular flexibility index (Phi) is 4.93. The smallest absolute Gasteiger partial charge is 0.345 e. The summed E-state index contributed by atoms with van der Waals surface area (Å²) in [6, 6.07) is 12.3. The Morgan fingerprint density at radius 3 is 2.75 bits per heavy atom. The molecule has 1 N–H and O–H groups in total. The molecule has 0 radical (unpaired) electrons. The van der Waals surface area contributed by atoms with Crippen molar-refractivity contribution in [2.45, 2.75) is 0 Å². The fourth-order valence-corrected chi connectivity index (χ4v) is 3.65. The van der Waals surface area contributed by atoms with Gasteiger partial charge >= 0.3 is 5.63 Å². The van der Waals surface area contributed by atoms with Gasteiger partial charge in [0.15, 0.2) is 5.13 Å². The van der Waals surface area contributed by atoms with Gasteiger partial charge in [-0.2, -0.15) is 0 Å². The first-order valence-corrected chi connectivity index (χ1v) is 9.51. The first kappa shape index (κ1) is 18.3. The van der Waals surface area contributed by atoms with Crippen LogP contribution in [0.5, 0.6) is 11.5 Å². The lowest BCUT2D eigenvalue weighted by atomic mass is 10.1. The molecule has 6 nitrogen and oxygen atoms in total. The molecule has 4 aromatic rings. The minimum Gasteiger partial charge on any atom is -0.497 e. The fraction of sp³-hybridized carbons (Fsp3) is 0.100. The molecule has 0 aliphatic carbocycles. The zero-order valence-corrected chi connectivity index (χ0v) is 16.6. The zero-order valence-electron chi connectivity index (χ0n) is 15.0. The maximum atomic E-state index is 12.4. The van der Waals surface area contributed by atoms with Gasteiger partial charge in [-0.15, -0.1) is 11.3 Å². The highest BCUT2D eigenvalue weighted by molar-refractivity contribution is 7.14. The molecule has 0 saturated heterocycles. The van der Waals surface area contributed by atoms with E-state index >= 15 is 0 Å². The van der Waals surface area contributed by atoms with Gasteiger partial charge in [-0.05, 0) is 42.5 Å². The normalized spacial score (nSPS) is 10.8. The van der Waals surface area contributed by atoms with E-state index in [1.165, 1.54) is 11.3 Å². The highest BCUT2D eigenvalue weighted by atomic mass is 35.5. The molecule has 0 saturated carbocycles. The molecule has 0 unspecified atom stereocenters. The van der Waals surface area contributed by atoms with Crippen LogP contribution >= 0.6 is 22.9 Å². The Balaban J connectivity index is 1.70. The monoisotopic (exact) mass is 414 g/mol. The van der Waals surface area contributed by atoms with Crippen molar-refractivity contribution in [2.75, 3.05) is 19.5 Å². The summed E-state index contributed by atoms with van der Waals surface area (Å²) in [5.41, 5.74) is 1.63. The quantitative estimate of drug-likeness (QED) is 0.445. The molecule has 0 bridgehead atoms. The molecule has 2 heterocycles. The lowest BCUT2D eigenvalue weighted by molar-refractivity contribution is 0.415. The number of hydrogen-bond acceptors (Lipinski definition) is 7. The van der Waals surface area contributed by atoms with Crippen LogP contribution in [0.2, 0.25) is 5.02 Å². The molecular weight excluding hydrogens is 400 g/mol. The molecule has 2 aromatic carbocycles. The Morgan fingerprint density at radius 1 is 1.11 bits per heavy atom. The lowest BCUT2D eigenvalue weighted by Crippen LogP contribution is -2.03. The van der Waals surface area contributed by atoms with Crippen LogP contribution < -0.4 is 20.4 Å². The number of benzene rings is 2. The molecule has 4 rings (SSSR count). The number of rotatable bonds is 5. The number of fused-ring (bicyclic) bond motifs is 1. The second kappa shape index (κ2) is 7.53. The summed E-state index contributed by atoms with van der Waals surface area (Å²) in [7, 11) is 3.17. The van der Waals surface area contributed by atoms with Gasteiger partial charge in [0.25, 0.3) is 0 Å². The third-order valence-corrected chi connectivity index (χ3v) is 5.12. The molecule has 2 aromatic heterocycles. The average Bonchev–Trinajstić information content (AvgIpc) is 3.15. The van der Waals surface area contributed by atoms with Gasteiger partial charge in [-0.3, -0.25) is 0 Å². The molecule has 0 aliphatic heterocycles. The summed E-state index contributed by atoms with van der Waals surface area (Å²) in [6.45, 7) is 0. The molecule has 0 atom stereocenters. The van der Waals surface area contributed by atoms with Crippen molar-refractivity contribution >= 4 is 44.7 Å². The van der Waals surface area contributed by atoms with E-state index in [0.717, 1.165) is 5.39 Å². The summed E-state index contributed by atoms with van der Waals surface area (Å²) in [4.78, 5) is 16.9. The van der Waals surface area contributed by atoms with E-state index in [4.69, 9.17) is 25.5 Å². The van der Waals surface area contributed by atoms with Crippen molar-refractivity contribution in [3.05, 3.63) is 63.3 Å². The van der Waals surface area contributed by atoms with Gasteiger partial charge in [0.05, 0.1) is 31.2 Å². The van der Waals surface area contributed by atoms with Crippen molar-refractivity contribution in [3.8, 4) is 22.8 Å². The maximum absolute atomic E-state index is 12.4. The lowest BCUT2D eigenvalue weighted by Gasteiger charge is -2.09. The van der Waals surface area contributed by atoms with E-state index in [-0.39, 0.29) is 0 Å². The van der Waals surface area contributed by atoms with Gasteiger partial charge in [-0.1, -0.05) is 11.6 Å². The molecule has 0 spiro atoms. The molecule has 142 valence electrons. The highest BCUT2D eigenvalue weighted by Crippen LogP contribution is 2.33. The van der Waals surface area contributed by atoms with Gasteiger partial charge in [0.2, 0.25) is 0 Å². The first-order chi connectivity index (χ1) is 13.6. The summed E-state index contributed by atoms with van der Waals surface area (Å²) in [6.07, 6.45) is 0. The van der Waals surface area contributed by atoms with Crippen LogP contribution in [0.4, 0.5) is 10.8 Å². The van der Waals surface area contributed by atoms with Crippen molar-refractivity contribution in [1.82, 2.24) is 4.98 Å². The number of thiazole rings is 1. The van der Waals surface area contributed by atoms with Gasteiger partial charge in [0.1, 0.15) is 17.1 Å². The number of nitrogens with zero attached hydrogens (tertiary/aromatic N) is 1. The molecule has 0 amide bonds. The Morgan fingerprint density at radius 2 is 1.96 bits per heavy atom. The molecule has 8 heteroatoms. The van der Waals surface area contributed by atoms with Crippen LogP contribution in [-0.4, -0.2) is 19.2 Å². The predicted molar refractivity (Wildman–Crippen MR) is 111 cm³/mol. The molecule has 28 heavy (non-hydrogen) atoms. The summed E-state index contributed by atoms with van der Waals surface area (Å²) < 4.78 is 16.0. The van der Waals surface area contributed by atoms with E-state index in [1.807, 2.05) is 6.07 Å². The van der Waals surface area contributed by atoms with Crippen LogP contribution in [0.1, 0.15) is 0 Å². The Hall–Kier alpha value is -3.03. The predicted octanol–water partition coefficient (Wildman–Crippen LogP) is 5.33. The van der Waals surface area contributed by atoms with E-state index < -0.39 is 5.63 Å². The van der Waals surface area contributed by atoms with Gasteiger partial charge in [0, 0.05) is 15.8 Å². The summed E-state index contributed by atoms with van der Waals surface area (Å²) in [5, 5.41) is 6.89. The van der Waals surface area contributed by atoms with Gasteiger partial charge in [-0.25, -0.2) is 9.78 Å². The fourth-order valence-electron chi connectivity index (χ4n) is 2.75. The number of halogens is 1. The van der Waals surface area contributed by atoms with Crippen LogP contribution in [0.3, 0.4) is 0 Å². The maximum Gasteiger partial charge on any atom is 0.345 e. The van der Waals surface area contributed by atoms with E-state index in [0.29, 0.717) is 44.2 Å². The number of nitrogens with one attached hydrogen (secondary N) is 1. The van der Waals surface area contributed by atoms with Crippen LogP contribution in [0.25, 0.3) is 22.2 Å².